The third-order valence-electron chi connectivity index (χ3n) is 10.3. The van der Waals surface area contributed by atoms with E-state index in [0.29, 0.717) is 5.69 Å². The topological polar surface area (TPSA) is 30.1 Å². The minimum Gasteiger partial charge on any atom is -0.304 e. The average molecular weight is 918 g/mol. The molecule has 3 nitrogen and oxygen atoms in total. The van der Waals surface area contributed by atoms with Crippen LogP contribution >= 0.6 is 0 Å². The number of aromatic nitrogens is 2. The fraction of sp³-hybridized carbons (Fsp3) is 0.0185. The Kier molecular flexibility index (Phi) is 11.1. The van der Waals surface area contributed by atoms with Gasteiger partial charge in [-0.15, -0.1) is 59.7 Å². The number of rotatable bonds is 8. The van der Waals surface area contributed by atoms with Gasteiger partial charge in [0.05, 0.1) is 6.57 Å². The number of nitrogens with zero attached hydrogens (tertiary/aromatic N) is 3. The van der Waals surface area contributed by atoms with Gasteiger partial charge in [0.25, 0.3) is 0 Å². The molecule has 0 atom stereocenters. The summed E-state index contributed by atoms with van der Waals surface area (Å²) < 4.78 is 0. The molecular formula is C54H35IrN3-2. The number of hydrogen-bond donors (Lipinski definition) is 0. The van der Waals surface area contributed by atoms with Crippen LogP contribution in [0.5, 0.6) is 0 Å². The predicted octanol–water partition coefficient (Wildman–Crippen LogP) is 14.3. The van der Waals surface area contributed by atoms with Crippen LogP contribution in [0.1, 0.15) is 5.56 Å². The minimum absolute atomic E-state index is 0. The summed E-state index contributed by atoms with van der Waals surface area (Å²) in [6, 6.07) is 69.6. The van der Waals surface area contributed by atoms with Crippen molar-refractivity contribution >= 4 is 5.69 Å². The Morgan fingerprint density at radius 1 is 0.414 bits per heavy atom. The van der Waals surface area contributed by atoms with Gasteiger partial charge in [-0.3, -0.25) is 4.85 Å². The van der Waals surface area contributed by atoms with E-state index in [1.807, 2.05) is 48.8 Å². The van der Waals surface area contributed by atoms with Crippen LogP contribution in [0, 0.1) is 25.6 Å². The van der Waals surface area contributed by atoms with E-state index in [1.165, 1.54) is 16.7 Å². The van der Waals surface area contributed by atoms with E-state index in [1.54, 1.807) is 12.1 Å². The molecule has 277 valence electrons. The van der Waals surface area contributed by atoms with E-state index in [2.05, 4.69) is 157 Å². The standard InChI is InChI=1S/C54H35N3.Ir/c1-37-30-44(48-21-10-9-20-47(48)43-28-29-53(56-35-43)42-18-13-19-46(33-42)55-2)32-45(31-37)49-22-11-12-23-50(49)52-36-57-54(41-16-7-4-8-17-41)34-51(52)40-26-24-39(25-27-40)38-14-5-3-6-15-38;/h3-16,19-36H,1H3;/q-2;. The summed E-state index contributed by atoms with van der Waals surface area (Å²) in [5.41, 5.74) is 18.6. The van der Waals surface area contributed by atoms with Gasteiger partial charge in [-0.1, -0.05) is 133 Å². The summed E-state index contributed by atoms with van der Waals surface area (Å²) in [5, 5.41) is 0. The van der Waals surface area contributed by atoms with Crippen LogP contribution in [0.2, 0.25) is 0 Å². The van der Waals surface area contributed by atoms with Crippen molar-refractivity contribution in [3.05, 3.63) is 223 Å². The van der Waals surface area contributed by atoms with Crippen molar-refractivity contribution in [1.29, 1.82) is 0 Å². The first-order valence-electron chi connectivity index (χ1n) is 18.9. The molecule has 0 amide bonds. The quantitative estimate of drug-likeness (QED) is 0.142. The van der Waals surface area contributed by atoms with Crippen molar-refractivity contribution in [3.63, 3.8) is 0 Å². The summed E-state index contributed by atoms with van der Waals surface area (Å²) in [6.07, 6.45) is 3.93. The predicted molar refractivity (Wildman–Crippen MR) is 234 cm³/mol. The Morgan fingerprint density at radius 2 is 1.00 bits per heavy atom. The van der Waals surface area contributed by atoms with Crippen LogP contribution in [-0.4, -0.2) is 9.97 Å². The summed E-state index contributed by atoms with van der Waals surface area (Å²) in [7, 11) is 0. The van der Waals surface area contributed by atoms with Gasteiger partial charge in [-0.05, 0) is 91.1 Å². The molecule has 0 spiro atoms. The number of aryl methyl sites for hydroxylation is 1. The van der Waals surface area contributed by atoms with Crippen LogP contribution in [-0.2, 0) is 20.1 Å². The van der Waals surface area contributed by atoms with E-state index in [0.717, 1.165) is 78.1 Å². The van der Waals surface area contributed by atoms with Crippen molar-refractivity contribution < 1.29 is 20.1 Å². The van der Waals surface area contributed by atoms with Crippen LogP contribution in [0.15, 0.2) is 194 Å². The molecule has 0 N–H and O–H groups in total. The molecule has 9 aromatic rings. The second-order valence-electron chi connectivity index (χ2n) is 14.0. The third kappa shape index (κ3) is 7.83. The van der Waals surface area contributed by atoms with Gasteiger partial charge in [0.1, 0.15) is 5.69 Å². The fourth-order valence-electron chi connectivity index (χ4n) is 7.52. The molecule has 58 heavy (non-hydrogen) atoms. The smallest absolute Gasteiger partial charge is 0.108 e. The number of benzene rings is 7. The molecule has 0 bridgehead atoms. The van der Waals surface area contributed by atoms with Crippen LogP contribution in [0.4, 0.5) is 5.69 Å². The van der Waals surface area contributed by atoms with Crippen molar-refractivity contribution in [1.82, 2.24) is 9.97 Å². The van der Waals surface area contributed by atoms with Gasteiger partial charge in [0, 0.05) is 38.1 Å². The summed E-state index contributed by atoms with van der Waals surface area (Å²) in [5.74, 6) is 0. The van der Waals surface area contributed by atoms with Gasteiger partial charge in [-0.2, -0.15) is 6.07 Å². The summed E-state index contributed by atoms with van der Waals surface area (Å²) >= 11 is 0. The number of pyridine rings is 2. The van der Waals surface area contributed by atoms with Crippen LogP contribution in [0.3, 0.4) is 0 Å². The van der Waals surface area contributed by atoms with Crippen molar-refractivity contribution in [2.45, 2.75) is 6.92 Å². The Morgan fingerprint density at radius 3 is 1.67 bits per heavy atom. The van der Waals surface area contributed by atoms with Gasteiger partial charge in [-0.25, -0.2) is 0 Å². The maximum absolute atomic E-state index is 7.40. The maximum atomic E-state index is 7.40. The van der Waals surface area contributed by atoms with Crippen LogP contribution < -0.4 is 0 Å². The second kappa shape index (κ2) is 17.0. The van der Waals surface area contributed by atoms with Gasteiger partial charge in [0.2, 0.25) is 0 Å². The first kappa shape index (κ1) is 37.9. The van der Waals surface area contributed by atoms with Crippen LogP contribution in [0.25, 0.3) is 94.1 Å². The van der Waals surface area contributed by atoms with E-state index in [4.69, 9.17) is 16.5 Å². The average Bonchev–Trinajstić information content (AvgIpc) is 3.29. The van der Waals surface area contributed by atoms with E-state index in [-0.39, 0.29) is 20.1 Å². The first-order valence-corrected chi connectivity index (χ1v) is 18.9. The summed E-state index contributed by atoms with van der Waals surface area (Å²) in [4.78, 5) is 13.4. The molecule has 2 aromatic heterocycles. The Bertz CT molecular complexity index is 2900. The van der Waals surface area contributed by atoms with Gasteiger partial charge < -0.3 is 9.97 Å². The second-order valence-corrected chi connectivity index (χ2v) is 14.0. The zero-order valence-corrected chi connectivity index (χ0v) is 34.0. The fourth-order valence-corrected chi connectivity index (χ4v) is 7.52. The Balaban J connectivity index is 0.00000469. The van der Waals surface area contributed by atoms with E-state index >= 15 is 0 Å². The molecule has 0 aliphatic rings. The SMILES string of the molecule is [C-]#[N+]c1cc[c-]c(-c2ccc(-c3ccccc3-c3cc(C)cc(-c4ccccc4-c4cnc(-c5[c-]cccc5)cc4-c4ccc(-c5ccccc5)cc4)c3)cn2)c1.[Ir]. The molecule has 1 radical (unpaired) electrons. The molecule has 7 aromatic carbocycles. The molecule has 0 saturated carbocycles. The molecule has 9 rings (SSSR count). The number of hydrogen-bond acceptors (Lipinski definition) is 2. The molecule has 0 fully saturated rings. The molecule has 0 aliphatic carbocycles. The summed E-state index contributed by atoms with van der Waals surface area (Å²) in [6.45, 7) is 9.56. The third-order valence-corrected chi connectivity index (χ3v) is 10.3. The Hall–Kier alpha value is -7.02. The Labute approximate surface area is 353 Å². The van der Waals surface area contributed by atoms with Gasteiger partial charge >= 0.3 is 0 Å². The van der Waals surface area contributed by atoms with E-state index < -0.39 is 0 Å². The molecule has 0 aliphatic heterocycles. The zero-order valence-electron chi connectivity index (χ0n) is 31.7. The van der Waals surface area contributed by atoms with E-state index in [9.17, 15) is 0 Å². The molecular weight excluding hydrogens is 883 g/mol. The van der Waals surface area contributed by atoms with Crippen molar-refractivity contribution in [2.75, 3.05) is 0 Å². The molecule has 0 unspecified atom stereocenters. The zero-order chi connectivity index (χ0) is 38.6. The largest absolute Gasteiger partial charge is 0.304 e. The maximum Gasteiger partial charge on any atom is 0.108 e. The van der Waals surface area contributed by atoms with Crippen molar-refractivity contribution in [3.8, 4) is 89.3 Å². The molecule has 4 heteroatoms. The monoisotopic (exact) mass is 918 g/mol. The van der Waals surface area contributed by atoms with Crippen molar-refractivity contribution in [2.24, 2.45) is 0 Å². The minimum atomic E-state index is 0. The first-order chi connectivity index (χ1) is 28.1. The molecule has 0 saturated heterocycles. The molecule has 2 heterocycles. The normalized spacial score (nSPS) is 10.7. The van der Waals surface area contributed by atoms with Gasteiger partial charge in [0.15, 0.2) is 0 Å².